The largest absolute Gasteiger partial charge is 0.510 e. The summed E-state index contributed by atoms with van der Waals surface area (Å²) in [5.41, 5.74) is 0.523. The smallest absolute Gasteiger partial charge is 0.276 e. The number of hydrogen-bond acceptors (Lipinski definition) is 5. The van der Waals surface area contributed by atoms with E-state index < -0.39 is 23.8 Å². The van der Waals surface area contributed by atoms with E-state index in [1.807, 2.05) is 6.92 Å². The van der Waals surface area contributed by atoms with Gasteiger partial charge in [0.2, 0.25) is 5.91 Å². The van der Waals surface area contributed by atoms with Gasteiger partial charge in [-0.05, 0) is 13.0 Å². The van der Waals surface area contributed by atoms with Gasteiger partial charge in [0.15, 0.2) is 6.23 Å². The highest BCUT2D eigenvalue weighted by molar-refractivity contribution is 5.98. The Kier molecular flexibility index (Phi) is 4.54. The summed E-state index contributed by atoms with van der Waals surface area (Å²) in [6.45, 7) is 2.46. The second-order valence-corrected chi connectivity index (χ2v) is 7.05. The number of rotatable bonds is 3. The average molecular weight is 391 g/mol. The van der Waals surface area contributed by atoms with Gasteiger partial charge < -0.3 is 25.0 Å². The van der Waals surface area contributed by atoms with Gasteiger partial charge in [-0.1, -0.05) is 6.07 Å². The second kappa shape index (κ2) is 6.90. The van der Waals surface area contributed by atoms with Crippen LogP contribution in [0, 0.1) is 11.6 Å². The van der Waals surface area contributed by atoms with Crippen molar-refractivity contribution in [1.29, 1.82) is 0 Å². The number of benzene rings is 1. The Morgan fingerprint density at radius 1 is 1.39 bits per heavy atom. The van der Waals surface area contributed by atoms with Crippen LogP contribution < -0.4 is 5.32 Å². The van der Waals surface area contributed by atoms with E-state index in [1.54, 1.807) is 4.90 Å². The highest BCUT2D eigenvalue weighted by atomic mass is 19.1. The number of piperazine rings is 1. The van der Waals surface area contributed by atoms with Crippen molar-refractivity contribution in [3.05, 3.63) is 58.6 Å². The first-order chi connectivity index (χ1) is 13.3. The molecule has 0 saturated carbocycles. The van der Waals surface area contributed by atoms with E-state index in [0.29, 0.717) is 13.2 Å². The zero-order valence-electron chi connectivity index (χ0n) is 15.1. The Morgan fingerprint density at radius 3 is 2.93 bits per heavy atom. The van der Waals surface area contributed by atoms with E-state index in [9.17, 15) is 23.5 Å². The Labute approximate surface area is 159 Å². The summed E-state index contributed by atoms with van der Waals surface area (Å²) in [6, 6.07) is 3.03. The molecule has 148 valence electrons. The summed E-state index contributed by atoms with van der Waals surface area (Å²) in [6.07, 6.45) is 0.960. The van der Waals surface area contributed by atoms with Crippen LogP contribution in [0.4, 0.5) is 8.78 Å². The number of aliphatic hydroxyl groups is 1. The molecule has 0 unspecified atom stereocenters. The highest BCUT2D eigenvalue weighted by Crippen LogP contribution is 2.33. The third-order valence-electron chi connectivity index (χ3n) is 5.08. The molecule has 2 N–H and O–H groups in total. The maximum atomic E-state index is 13.7. The molecular formula is C19H19F2N3O4. The van der Waals surface area contributed by atoms with Crippen LogP contribution in [0.2, 0.25) is 0 Å². The normalized spacial score (nSPS) is 24.1. The zero-order valence-corrected chi connectivity index (χ0v) is 15.1. The number of allylic oxidation sites excluding steroid dienone is 1. The minimum Gasteiger partial charge on any atom is -0.510 e. The van der Waals surface area contributed by atoms with Gasteiger partial charge in [0.05, 0.1) is 19.2 Å². The van der Waals surface area contributed by atoms with Crippen LogP contribution in [0.5, 0.6) is 0 Å². The SMILES string of the molecule is C[C@H]1CO[C@@H]2CN3C=C(C(=O)NCc4ccc(F)cc4F)CC(O)=C3C(=O)N12. The maximum absolute atomic E-state index is 13.7. The summed E-state index contributed by atoms with van der Waals surface area (Å²) < 4.78 is 32.3. The first-order valence-corrected chi connectivity index (χ1v) is 8.91. The van der Waals surface area contributed by atoms with Crippen LogP contribution in [0.1, 0.15) is 18.9 Å². The topological polar surface area (TPSA) is 82.1 Å². The number of nitrogens with one attached hydrogen (secondary N) is 1. The van der Waals surface area contributed by atoms with Gasteiger partial charge in [-0.3, -0.25) is 9.59 Å². The van der Waals surface area contributed by atoms with Crippen molar-refractivity contribution in [2.75, 3.05) is 13.2 Å². The predicted molar refractivity (Wildman–Crippen MR) is 93.3 cm³/mol. The van der Waals surface area contributed by atoms with Crippen molar-refractivity contribution in [2.24, 2.45) is 0 Å². The number of aliphatic hydroxyl groups excluding tert-OH is 1. The molecule has 0 bridgehead atoms. The number of halogens is 2. The summed E-state index contributed by atoms with van der Waals surface area (Å²) in [7, 11) is 0. The molecular weight excluding hydrogens is 372 g/mol. The van der Waals surface area contributed by atoms with Gasteiger partial charge in [0.25, 0.3) is 5.91 Å². The van der Waals surface area contributed by atoms with E-state index >= 15 is 0 Å². The molecule has 2 atom stereocenters. The molecule has 2 amide bonds. The van der Waals surface area contributed by atoms with Crippen molar-refractivity contribution >= 4 is 11.8 Å². The molecule has 1 aromatic carbocycles. The molecule has 2 fully saturated rings. The first kappa shape index (κ1) is 18.4. The monoisotopic (exact) mass is 391 g/mol. The molecule has 7 nitrogen and oxygen atoms in total. The molecule has 3 heterocycles. The summed E-state index contributed by atoms with van der Waals surface area (Å²) >= 11 is 0. The second-order valence-electron chi connectivity index (χ2n) is 7.05. The van der Waals surface area contributed by atoms with Crippen molar-refractivity contribution in [1.82, 2.24) is 15.1 Å². The van der Waals surface area contributed by atoms with Crippen LogP contribution in [0.15, 0.2) is 41.4 Å². The minimum absolute atomic E-state index is 0.0840. The quantitative estimate of drug-likeness (QED) is 0.817. The molecule has 0 aliphatic carbocycles. The lowest BCUT2D eigenvalue weighted by atomic mass is 10.0. The maximum Gasteiger partial charge on any atom is 0.276 e. The minimum atomic E-state index is -0.753. The van der Waals surface area contributed by atoms with E-state index in [4.69, 9.17) is 4.74 Å². The molecule has 0 radical (unpaired) electrons. The molecule has 1 aromatic rings. The number of carbonyl (C=O) groups excluding carboxylic acids is 2. The summed E-state index contributed by atoms with van der Waals surface area (Å²) in [4.78, 5) is 28.3. The Hall–Kier alpha value is -2.94. The third-order valence-corrected chi connectivity index (χ3v) is 5.08. The van der Waals surface area contributed by atoms with Crippen LogP contribution in [-0.4, -0.2) is 52.1 Å². The van der Waals surface area contributed by atoms with Gasteiger partial charge in [-0.25, -0.2) is 8.78 Å². The molecule has 3 aliphatic heterocycles. The van der Waals surface area contributed by atoms with Crippen LogP contribution in [0.25, 0.3) is 0 Å². The molecule has 4 rings (SSSR count). The fourth-order valence-corrected chi connectivity index (χ4v) is 3.67. The standard InChI is InChI=1S/C19H19F2N3O4/c1-10-9-28-16-8-23-7-12(4-15(25)17(23)19(27)24(10)16)18(26)22-6-11-2-3-13(20)5-14(11)21/h2-3,5,7,10,16,25H,4,6,8-9H2,1H3,(H,22,26)/t10-,16+/m0/s1. The lowest BCUT2D eigenvalue weighted by Crippen LogP contribution is -2.54. The van der Waals surface area contributed by atoms with Crippen molar-refractivity contribution in [2.45, 2.75) is 32.2 Å². The molecule has 9 heteroatoms. The molecule has 28 heavy (non-hydrogen) atoms. The van der Waals surface area contributed by atoms with Gasteiger partial charge in [-0.2, -0.15) is 0 Å². The van der Waals surface area contributed by atoms with Crippen LogP contribution in [-0.2, 0) is 20.9 Å². The van der Waals surface area contributed by atoms with Crippen LogP contribution >= 0.6 is 0 Å². The molecule has 0 spiro atoms. The number of hydrogen-bond donors (Lipinski definition) is 2. The Morgan fingerprint density at radius 2 is 2.18 bits per heavy atom. The van der Waals surface area contributed by atoms with Crippen molar-refractivity contribution in [3.8, 4) is 0 Å². The number of carbonyl (C=O) groups is 2. The lowest BCUT2D eigenvalue weighted by Gasteiger charge is -2.40. The highest BCUT2D eigenvalue weighted by Gasteiger charge is 2.45. The number of ether oxygens (including phenoxy) is 1. The van der Waals surface area contributed by atoms with Gasteiger partial charge in [-0.15, -0.1) is 0 Å². The van der Waals surface area contributed by atoms with Crippen molar-refractivity contribution in [3.63, 3.8) is 0 Å². The van der Waals surface area contributed by atoms with Gasteiger partial charge in [0.1, 0.15) is 23.1 Å². The fourth-order valence-electron chi connectivity index (χ4n) is 3.67. The van der Waals surface area contributed by atoms with E-state index in [0.717, 1.165) is 12.1 Å². The summed E-state index contributed by atoms with van der Waals surface area (Å²) in [5, 5.41) is 12.9. The van der Waals surface area contributed by atoms with Crippen molar-refractivity contribution < 1.29 is 28.2 Å². The fraction of sp³-hybridized carbons (Fsp3) is 0.368. The van der Waals surface area contributed by atoms with Gasteiger partial charge >= 0.3 is 0 Å². The van der Waals surface area contributed by atoms with E-state index in [-0.39, 0.29) is 47.5 Å². The Balaban J connectivity index is 1.48. The number of amides is 2. The average Bonchev–Trinajstić information content (AvgIpc) is 3.01. The first-order valence-electron chi connectivity index (χ1n) is 8.91. The lowest BCUT2D eigenvalue weighted by molar-refractivity contribution is -0.140. The zero-order chi connectivity index (χ0) is 20.0. The number of fused-ring (bicyclic) bond motifs is 2. The van der Waals surface area contributed by atoms with Gasteiger partial charge in [0, 0.05) is 36.4 Å². The van der Waals surface area contributed by atoms with E-state index in [2.05, 4.69) is 5.32 Å². The van der Waals surface area contributed by atoms with Crippen LogP contribution in [0.3, 0.4) is 0 Å². The Bertz CT molecular complexity index is 914. The third kappa shape index (κ3) is 3.11. The molecule has 3 aliphatic rings. The summed E-state index contributed by atoms with van der Waals surface area (Å²) in [5.74, 6) is -2.48. The predicted octanol–water partition coefficient (Wildman–Crippen LogP) is 1.53. The number of nitrogens with zero attached hydrogens (tertiary/aromatic N) is 2. The molecule has 0 aromatic heterocycles. The van der Waals surface area contributed by atoms with E-state index in [1.165, 1.54) is 17.2 Å². The molecule has 2 saturated heterocycles.